The number of fused-ring (bicyclic) bond motifs is 1. The summed E-state index contributed by atoms with van der Waals surface area (Å²) in [5.74, 6) is 5.70. The number of aliphatic hydroxyl groups is 1. The number of hydrogen-bond donors (Lipinski definition) is 2. The first-order valence-electron chi connectivity index (χ1n) is 6.42. The van der Waals surface area contributed by atoms with Crippen molar-refractivity contribution in [3.63, 3.8) is 0 Å². The van der Waals surface area contributed by atoms with E-state index in [1.54, 1.807) is 13.8 Å². The lowest BCUT2D eigenvalue weighted by Gasteiger charge is -2.09. The molecule has 0 heterocycles. The maximum absolute atomic E-state index is 11.2. The Balaban J connectivity index is 2.59. The molecular formula is C17H17NO2. The molecule has 1 amide bonds. The van der Waals surface area contributed by atoms with Crippen molar-refractivity contribution in [1.29, 1.82) is 0 Å². The van der Waals surface area contributed by atoms with Crippen LogP contribution in [0, 0.1) is 11.8 Å². The fourth-order valence-corrected chi connectivity index (χ4v) is 1.93. The van der Waals surface area contributed by atoms with Crippen molar-refractivity contribution in [1.82, 2.24) is 0 Å². The zero-order valence-corrected chi connectivity index (χ0v) is 11.8. The number of hydrogen-bond acceptors (Lipinski definition) is 2. The summed E-state index contributed by atoms with van der Waals surface area (Å²) in [6, 6.07) is 11.4. The predicted octanol–water partition coefficient (Wildman–Crippen LogP) is 2.92. The third-order valence-corrected chi connectivity index (χ3v) is 2.74. The van der Waals surface area contributed by atoms with Crippen LogP contribution >= 0.6 is 0 Å². The van der Waals surface area contributed by atoms with Crippen molar-refractivity contribution in [3.05, 3.63) is 42.0 Å². The summed E-state index contributed by atoms with van der Waals surface area (Å²) >= 11 is 0. The van der Waals surface area contributed by atoms with Crippen molar-refractivity contribution >= 4 is 22.4 Å². The quantitative estimate of drug-likeness (QED) is 0.780. The molecule has 0 bridgehead atoms. The first-order chi connectivity index (χ1) is 9.37. The van der Waals surface area contributed by atoms with Gasteiger partial charge < -0.3 is 10.4 Å². The molecule has 0 atom stereocenters. The van der Waals surface area contributed by atoms with Crippen LogP contribution in [0.5, 0.6) is 0 Å². The minimum absolute atomic E-state index is 0.106. The molecule has 2 rings (SSSR count). The van der Waals surface area contributed by atoms with Crippen LogP contribution in [0.2, 0.25) is 0 Å². The minimum Gasteiger partial charge on any atom is -0.378 e. The molecule has 102 valence electrons. The summed E-state index contributed by atoms with van der Waals surface area (Å²) in [6.07, 6.45) is 0. The highest BCUT2D eigenvalue weighted by molar-refractivity contribution is 6.03. The maximum Gasteiger partial charge on any atom is 0.221 e. The second kappa shape index (κ2) is 5.36. The van der Waals surface area contributed by atoms with Crippen LogP contribution in [0.3, 0.4) is 0 Å². The fraction of sp³-hybridized carbons (Fsp3) is 0.235. The number of amides is 1. The Bertz CT molecular complexity index is 715. The predicted molar refractivity (Wildman–Crippen MR) is 81.4 cm³/mol. The van der Waals surface area contributed by atoms with E-state index >= 15 is 0 Å². The monoisotopic (exact) mass is 267 g/mol. The molecule has 0 aliphatic carbocycles. The molecule has 0 aromatic heterocycles. The number of benzene rings is 2. The lowest BCUT2D eigenvalue weighted by Crippen LogP contribution is -2.14. The Morgan fingerprint density at radius 1 is 1.15 bits per heavy atom. The van der Waals surface area contributed by atoms with Crippen LogP contribution in [-0.2, 0) is 4.79 Å². The second-order valence-electron chi connectivity index (χ2n) is 5.20. The molecule has 3 nitrogen and oxygen atoms in total. The number of anilines is 1. The zero-order chi connectivity index (χ0) is 14.8. The van der Waals surface area contributed by atoms with Gasteiger partial charge in [0.25, 0.3) is 0 Å². The van der Waals surface area contributed by atoms with Crippen molar-refractivity contribution in [2.45, 2.75) is 26.4 Å². The lowest BCUT2D eigenvalue weighted by atomic mass is 10.0. The normalized spacial score (nSPS) is 10.8. The van der Waals surface area contributed by atoms with Gasteiger partial charge >= 0.3 is 0 Å². The molecule has 2 N–H and O–H groups in total. The van der Waals surface area contributed by atoms with E-state index in [4.69, 9.17) is 0 Å². The highest BCUT2D eigenvalue weighted by Crippen LogP contribution is 2.26. The Morgan fingerprint density at radius 2 is 1.80 bits per heavy atom. The van der Waals surface area contributed by atoms with Crippen LogP contribution in [0.1, 0.15) is 26.3 Å². The summed E-state index contributed by atoms with van der Waals surface area (Å²) < 4.78 is 0. The second-order valence-corrected chi connectivity index (χ2v) is 5.20. The standard InChI is InChI=1S/C17H17NO2/c1-12(19)18-16-9-8-13(10-11-17(2,3)20)14-6-4-5-7-15(14)16/h4-9,20H,1-3H3,(H,18,19). The van der Waals surface area contributed by atoms with Crippen LogP contribution in [0.25, 0.3) is 10.8 Å². The van der Waals surface area contributed by atoms with Gasteiger partial charge in [-0.05, 0) is 31.4 Å². The Kier molecular flexibility index (Phi) is 3.78. The van der Waals surface area contributed by atoms with E-state index in [0.717, 1.165) is 22.0 Å². The zero-order valence-electron chi connectivity index (χ0n) is 11.8. The van der Waals surface area contributed by atoms with Gasteiger partial charge in [-0.2, -0.15) is 0 Å². The van der Waals surface area contributed by atoms with E-state index < -0.39 is 5.60 Å². The number of nitrogens with one attached hydrogen (secondary N) is 1. The van der Waals surface area contributed by atoms with Crippen LogP contribution in [0.15, 0.2) is 36.4 Å². The molecule has 0 spiro atoms. The average molecular weight is 267 g/mol. The molecule has 2 aromatic rings. The molecule has 2 aromatic carbocycles. The number of rotatable bonds is 1. The van der Waals surface area contributed by atoms with Gasteiger partial charge in [0.1, 0.15) is 5.60 Å². The molecular weight excluding hydrogens is 250 g/mol. The van der Waals surface area contributed by atoms with Crippen molar-refractivity contribution in [2.75, 3.05) is 5.32 Å². The summed E-state index contributed by atoms with van der Waals surface area (Å²) in [6.45, 7) is 4.78. The Hall–Kier alpha value is -2.31. The SMILES string of the molecule is CC(=O)Nc1ccc(C#CC(C)(C)O)c2ccccc12. The molecule has 0 fully saturated rings. The Labute approximate surface area is 118 Å². The summed E-state index contributed by atoms with van der Waals surface area (Å²) in [5.41, 5.74) is 0.566. The highest BCUT2D eigenvalue weighted by Gasteiger charge is 2.08. The van der Waals surface area contributed by atoms with Gasteiger partial charge in [0, 0.05) is 23.6 Å². The topological polar surface area (TPSA) is 49.3 Å². The van der Waals surface area contributed by atoms with E-state index in [2.05, 4.69) is 17.2 Å². The van der Waals surface area contributed by atoms with Gasteiger partial charge in [0.2, 0.25) is 5.91 Å². The largest absolute Gasteiger partial charge is 0.378 e. The first kappa shape index (κ1) is 14.1. The molecule has 0 saturated heterocycles. The van der Waals surface area contributed by atoms with Gasteiger partial charge in [-0.25, -0.2) is 0 Å². The average Bonchev–Trinajstić information content (AvgIpc) is 2.36. The molecule has 0 aliphatic rings. The third kappa shape index (κ3) is 3.37. The minimum atomic E-state index is -1.03. The Morgan fingerprint density at radius 3 is 2.40 bits per heavy atom. The van der Waals surface area contributed by atoms with Gasteiger partial charge in [0.05, 0.1) is 0 Å². The summed E-state index contributed by atoms with van der Waals surface area (Å²) in [5, 5.41) is 14.4. The van der Waals surface area contributed by atoms with Crippen molar-refractivity contribution in [3.8, 4) is 11.8 Å². The van der Waals surface area contributed by atoms with Gasteiger partial charge in [-0.3, -0.25) is 4.79 Å². The third-order valence-electron chi connectivity index (χ3n) is 2.74. The molecule has 0 saturated carbocycles. The van der Waals surface area contributed by atoms with E-state index in [0.29, 0.717) is 0 Å². The van der Waals surface area contributed by atoms with E-state index in [1.807, 2.05) is 36.4 Å². The van der Waals surface area contributed by atoms with E-state index in [-0.39, 0.29) is 5.91 Å². The van der Waals surface area contributed by atoms with E-state index in [1.165, 1.54) is 6.92 Å². The molecule has 0 radical (unpaired) electrons. The van der Waals surface area contributed by atoms with Gasteiger partial charge in [-0.15, -0.1) is 0 Å². The van der Waals surface area contributed by atoms with Crippen molar-refractivity contribution in [2.24, 2.45) is 0 Å². The smallest absolute Gasteiger partial charge is 0.221 e. The van der Waals surface area contributed by atoms with Gasteiger partial charge in [0.15, 0.2) is 0 Å². The lowest BCUT2D eigenvalue weighted by molar-refractivity contribution is -0.114. The highest BCUT2D eigenvalue weighted by atomic mass is 16.3. The molecule has 0 aliphatic heterocycles. The van der Waals surface area contributed by atoms with Crippen LogP contribution < -0.4 is 5.32 Å². The summed E-state index contributed by atoms with van der Waals surface area (Å²) in [7, 11) is 0. The first-order valence-corrected chi connectivity index (χ1v) is 6.42. The van der Waals surface area contributed by atoms with Gasteiger partial charge in [-0.1, -0.05) is 36.1 Å². The maximum atomic E-state index is 11.2. The molecule has 20 heavy (non-hydrogen) atoms. The molecule has 3 heteroatoms. The van der Waals surface area contributed by atoms with Crippen LogP contribution in [0.4, 0.5) is 5.69 Å². The van der Waals surface area contributed by atoms with Crippen molar-refractivity contribution < 1.29 is 9.90 Å². The number of carbonyl (C=O) groups is 1. The van der Waals surface area contributed by atoms with E-state index in [9.17, 15) is 9.90 Å². The number of carbonyl (C=O) groups excluding carboxylic acids is 1. The van der Waals surface area contributed by atoms with Crippen LogP contribution in [-0.4, -0.2) is 16.6 Å². The molecule has 0 unspecified atom stereocenters. The fourth-order valence-electron chi connectivity index (χ4n) is 1.93. The summed E-state index contributed by atoms with van der Waals surface area (Å²) in [4.78, 5) is 11.2.